The van der Waals surface area contributed by atoms with Crippen LogP contribution in [0.3, 0.4) is 0 Å². The summed E-state index contributed by atoms with van der Waals surface area (Å²) in [7, 11) is 0. The largest absolute Gasteiger partial charge is 0.358 e. The molecule has 0 bridgehead atoms. The lowest BCUT2D eigenvalue weighted by molar-refractivity contribution is -0.122. The third kappa shape index (κ3) is 3.84. The van der Waals surface area contributed by atoms with Crippen molar-refractivity contribution in [1.29, 1.82) is 0 Å². The van der Waals surface area contributed by atoms with E-state index in [0.29, 0.717) is 17.1 Å². The monoisotopic (exact) mass is 255 g/mol. The van der Waals surface area contributed by atoms with Crippen molar-refractivity contribution < 1.29 is 4.79 Å². The molecule has 0 radical (unpaired) electrons. The number of hydrogen-bond donors (Lipinski definition) is 3. The Morgan fingerprint density at radius 3 is 2.47 bits per heavy atom. The molecule has 0 unspecified atom stereocenters. The van der Waals surface area contributed by atoms with Crippen molar-refractivity contribution >= 4 is 23.2 Å². The molecule has 1 amide bonds. The molecule has 0 aromatic heterocycles. The maximum absolute atomic E-state index is 11.4. The highest BCUT2D eigenvalue weighted by Gasteiger charge is 2.29. The van der Waals surface area contributed by atoms with Crippen LogP contribution >= 0.6 is 12.2 Å². The van der Waals surface area contributed by atoms with E-state index in [1.807, 2.05) is 0 Å². The fraction of sp³-hybridized carbons (Fsp3) is 0.833. The highest BCUT2D eigenvalue weighted by Crippen LogP contribution is 2.28. The molecule has 17 heavy (non-hydrogen) atoms. The molecule has 2 rings (SSSR count). The van der Waals surface area contributed by atoms with Gasteiger partial charge in [0.15, 0.2) is 5.11 Å². The van der Waals surface area contributed by atoms with E-state index in [0.717, 1.165) is 12.8 Å². The first-order valence-corrected chi connectivity index (χ1v) is 6.94. The molecule has 2 atom stereocenters. The zero-order valence-corrected chi connectivity index (χ0v) is 11.1. The fourth-order valence-electron chi connectivity index (χ4n) is 2.30. The van der Waals surface area contributed by atoms with Crippen molar-refractivity contribution in [2.24, 2.45) is 11.8 Å². The predicted molar refractivity (Wildman–Crippen MR) is 71.2 cm³/mol. The molecule has 2 aliphatic rings. The lowest BCUT2D eigenvalue weighted by Crippen LogP contribution is -2.51. The average molecular weight is 255 g/mol. The number of rotatable bonds is 2. The molecule has 0 saturated heterocycles. The van der Waals surface area contributed by atoms with Crippen molar-refractivity contribution in [1.82, 2.24) is 16.2 Å². The molecule has 4 nitrogen and oxygen atoms in total. The molecule has 5 heteroatoms. The van der Waals surface area contributed by atoms with Gasteiger partial charge in [0, 0.05) is 12.0 Å². The molecular weight excluding hydrogens is 234 g/mol. The average Bonchev–Trinajstić information content (AvgIpc) is 3.13. The number of carbonyl (C=O) groups is 1. The van der Waals surface area contributed by atoms with Crippen LogP contribution in [0.4, 0.5) is 0 Å². The topological polar surface area (TPSA) is 53.2 Å². The second kappa shape index (κ2) is 5.67. The number of hydrogen-bond acceptors (Lipinski definition) is 2. The molecule has 2 saturated carbocycles. The van der Waals surface area contributed by atoms with Gasteiger partial charge in [0.25, 0.3) is 0 Å². The minimum absolute atomic E-state index is 0.0610. The Morgan fingerprint density at radius 2 is 1.82 bits per heavy atom. The van der Waals surface area contributed by atoms with E-state index < -0.39 is 0 Å². The van der Waals surface area contributed by atoms with E-state index in [-0.39, 0.29) is 11.8 Å². The molecule has 0 aromatic carbocycles. The number of hydrazine groups is 1. The van der Waals surface area contributed by atoms with E-state index in [1.165, 1.54) is 25.7 Å². The van der Waals surface area contributed by atoms with Crippen LogP contribution in [0.25, 0.3) is 0 Å². The SMILES string of the molecule is C[C@H]1CCCC[C@H]1NC(=S)NNC(=O)C1CC1. The van der Waals surface area contributed by atoms with Crippen molar-refractivity contribution in [3.63, 3.8) is 0 Å². The smallest absolute Gasteiger partial charge is 0.241 e. The second-order valence-corrected chi connectivity index (χ2v) is 5.64. The van der Waals surface area contributed by atoms with Gasteiger partial charge in [-0.2, -0.15) is 0 Å². The van der Waals surface area contributed by atoms with Crippen LogP contribution in [0.5, 0.6) is 0 Å². The van der Waals surface area contributed by atoms with Gasteiger partial charge in [-0.3, -0.25) is 15.6 Å². The third-order valence-corrected chi connectivity index (χ3v) is 3.90. The number of thiocarbonyl (C=S) groups is 1. The van der Waals surface area contributed by atoms with E-state index in [4.69, 9.17) is 12.2 Å². The van der Waals surface area contributed by atoms with Gasteiger partial charge in [-0.25, -0.2) is 0 Å². The van der Waals surface area contributed by atoms with Crippen molar-refractivity contribution in [3.8, 4) is 0 Å². The minimum Gasteiger partial charge on any atom is -0.358 e. The Bertz CT molecular complexity index is 304. The van der Waals surface area contributed by atoms with E-state index in [1.54, 1.807) is 0 Å². The summed E-state index contributed by atoms with van der Waals surface area (Å²) in [5.74, 6) is 0.924. The molecule has 0 aliphatic heterocycles. The van der Waals surface area contributed by atoms with Crippen LogP contribution in [-0.4, -0.2) is 17.1 Å². The summed E-state index contributed by atoms with van der Waals surface area (Å²) < 4.78 is 0. The lowest BCUT2D eigenvalue weighted by atomic mass is 9.86. The van der Waals surface area contributed by atoms with Crippen LogP contribution in [0.15, 0.2) is 0 Å². The second-order valence-electron chi connectivity index (χ2n) is 5.23. The van der Waals surface area contributed by atoms with Gasteiger partial charge in [0.1, 0.15) is 0 Å². The fourth-order valence-corrected chi connectivity index (χ4v) is 2.50. The van der Waals surface area contributed by atoms with Gasteiger partial charge in [-0.15, -0.1) is 0 Å². The lowest BCUT2D eigenvalue weighted by Gasteiger charge is -2.30. The standard InChI is InChI=1S/C12H21N3OS/c1-8-4-2-3-5-10(8)13-12(17)15-14-11(16)9-6-7-9/h8-10H,2-7H2,1H3,(H,14,16)(H2,13,15,17)/t8-,10+/m0/s1. The first kappa shape index (κ1) is 12.6. The van der Waals surface area contributed by atoms with E-state index in [2.05, 4.69) is 23.1 Å². The van der Waals surface area contributed by atoms with Crippen LogP contribution in [-0.2, 0) is 4.79 Å². The molecule has 2 aliphatic carbocycles. The van der Waals surface area contributed by atoms with Crippen LogP contribution in [0, 0.1) is 11.8 Å². The molecule has 3 N–H and O–H groups in total. The van der Waals surface area contributed by atoms with Gasteiger partial charge < -0.3 is 5.32 Å². The van der Waals surface area contributed by atoms with Crippen molar-refractivity contribution in [2.75, 3.05) is 0 Å². The molecule has 0 spiro atoms. The summed E-state index contributed by atoms with van der Waals surface area (Å²) in [5, 5.41) is 3.83. The van der Waals surface area contributed by atoms with E-state index in [9.17, 15) is 4.79 Å². The maximum Gasteiger partial charge on any atom is 0.241 e. The number of nitrogens with one attached hydrogen (secondary N) is 3. The number of carbonyl (C=O) groups excluding carboxylic acids is 1. The van der Waals surface area contributed by atoms with Crippen molar-refractivity contribution in [2.45, 2.75) is 51.5 Å². The first-order chi connectivity index (χ1) is 8.16. The Kier molecular flexibility index (Phi) is 4.20. The van der Waals surface area contributed by atoms with Gasteiger partial charge in [0.05, 0.1) is 0 Å². The highest BCUT2D eigenvalue weighted by molar-refractivity contribution is 7.80. The summed E-state index contributed by atoms with van der Waals surface area (Å²) >= 11 is 5.18. The first-order valence-electron chi connectivity index (χ1n) is 6.53. The van der Waals surface area contributed by atoms with Gasteiger partial charge >= 0.3 is 0 Å². The van der Waals surface area contributed by atoms with Crippen LogP contribution in [0.1, 0.15) is 45.4 Å². The Balaban J connectivity index is 1.67. The zero-order chi connectivity index (χ0) is 12.3. The van der Waals surface area contributed by atoms with Crippen LogP contribution < -0.4 is 16.2 Å². The summed E-state index contributed by atoms with van der Waals surface area (Å²) in [6, 6.07) is 0.446. The zero-order valence-electron chi connectivity index (χ0n) is 10.3. The Morgan fingerprint density at radius 1 is 1.12 bits per heavy atom. The van der Waals surface area contributed by atoms with Gasteiger partial charge in [0.2, 0.25) is 5.91 Å². The Hall–Kier alpha value is -0.840. The van der Waals surface area contributed by atoms with Crippen LogP contribution in [0.2, 0.25) is 0 Å². The Labute approximate surface area is 108 Å². The molecule has 96 valence electrons. The quantitative estimate of drug-likeness (QED) is 0.517. The minimum atomic E-state index is 0.0610. The summed E-state index contributed by atoms with van der Waals surface area (Å²) in [6.45, 7) is 2.25. The highest BCUT2D eigenvalue weighted by atomic mass is 32.1. The molecule has 0 aromatic rings. The number of amides is 1. The summed E-state index contributed by atoms with van der Waals surface area (Å²) in [6.07, 6.45) is 7.02. The van der Waals surface area contributed by atoms with Gasteiger partial charge in [-0.1, -0.05) is 19.8 Å². The third-order valence-electron chi connectivity index (χ3n) is 3.68. The van der Waals surface area contributed by atoms with Gasteiger partial charge in [-0.05, 0) is 43.8 Å². The normalized spacial score (nSPS) is 28.3. The summed E-state index contributed by atoms with van der Waals surface area (Å²) in [4.78, 5) is 11.4. The van der Waals surface area contributed by atoms with E-state index >= 15 is 0 Å². The molecular formula is C12H21N3OS. The molecule has 2 fully saturated rings. The maximum atomic E-state index is 11.4. The summed E-state index contributed by atoms with van der Waals surface area (Å²) in [5.41, 5.74) is 5.45. The predicted octanol–water partition coefficient (Wildman–Crippen LogP) is 1.47. The molecule has 0 heterocycles. The van der Waals surface area contributed by atoms with Crippen molar-refractivity contribution in [3.05, 3.63) is 0 Å².